The molecule has 19 heavy (non-hydrogen) atoms. The smallest absolute Gasteiger partial charge is 0.346 e. The van der Waals surface area contributed by atoms with Crippen LogP contribution in [0.2, 0.25) is 0 Å². The van der Waals surface area contributed by atoms with Crippen LogP contribution in [-0.2, 0) is 9.53 Å². The van der Waals surface area contributed by atoms with E-state index in [4.69, 9.17) is 4.74 Å². The van der Waals surface area contributed by atoms with Crippen molar-refractivity contribution in [1.29, 1.82) is 0 Å². The van der Waals surface area contributed by atoms with Gasteiger partial charge in [0.15, 0.2) is 0 Å². The Morgan fingerprint density at radius 3 is 2.26 bits per heavy atom. The van der Waals surface area contributed by atoms with Crippen LogP contribution >= 0.6 is 0 Å². The number of esters is 1. The molecule has 0 atom stereocenters. The fourth-order valence-corrected chi connectivity index (χ4v) is 2.57. The third kappa shape index (κ3) is 4.70. The van der Waals surface area contributed by atoms with Gasteiger partial charge in [0.1, 0.15) is 5.76 Å². The predicted octanol–water partition coefficient (Wildman–Crippen LogP) is 4.82. The third-order valence-electron chi connectivity index (χ3n) is 3.77. The van der Waals surface area contributed by atoms with E-state index in [1.54, 1.807) is 0 Å². The van der Waals surface area contributed by atoms with E-state index < -0.39 is 0 Å². The van der Waals surface area contributed by atoms with Gasteiger partial charge in [-0.3, -0.25) is 0 Å². The Morgan fingerprint density at radius 1 is 0.842 bits per heavy atom. The lowest BCUT2D eigenvalue weighted by atomic mass is 10.0. The standard InChI is InChI=1S/C17H24O2/c18-17-15-13-11-9-7-5-3-1-2-4-6-8-10-12-14-16(15)19-17/h7,9,11,13H,1-6,8,10,12,14H2. The van der Waals surface area contributed by atoms with Gasteiger partial charge in [-0.05, 0) is 25.3 Å². The highest BCUT2D eigenvalue weighted by Gasteiger charge is 2.26. The number of rotatable bonds is 0. The lowest BCUT2D eigenvalue weighted by molar-refractivity contribution is -0.140. The van der Waals surface area contributed by atoms with Gasteiger partial charge >= 0.3 is 5.97 Å². The van der Waals surface area contributed by atoms with Gasteiger partial charge in [-0.2, -0.15) is 0 Å². The maximum Gasteiger partial charge on any atom is 0.346 e. The van der Waals surface area contributed by atoms with Gasteiger partial charge in [-0.1, -0.05) is 56.8 Å². The van der Waals surface area contributed by atoms with Crippen molar-refractivity contribution in [2.75, 3.05) is 0 Å². The van der Waals surface area contributed by atoms with Crippen molar-refractivity contribution in [2.45, 2.75) is 64.2 Å². The molecule has 0 fully saturated rings. The molecule has 0 N–H and O–H groups in total. The first kappa shape index (κ1) is 14.1. The maximum absolute atomic E-state index is 11.3. The highest BCUT2D eigenvalue weighted by molar-refractivity contribution is 5.98. The molecule has 1 aliphatic carbocycles. The third-order valence-corrected chi connectivity index (χ3v) is 3.77. The first-order chi connectivity index (χ1) is 9.38. The molecule has 0 saturated carbocycles. The average molecular weight is 260 g/mol. The van der Waals surface area contributed by atoms with Crippen LogP contribution in [0.1, 0.15) is 64.2 Å². The minimum atomic E-state index is -0.166. The molecular weight excluding hydrogens is 236 g/mol. The molecule has 0 radical (unpaired) electrons. The minimum absolute atomic E-state index is 0.166. The summed E-state index contributed by atoms with van der Waals surface area (Å²) in [4.78, 5) is 11.3. The normalized spacial score (nSPS) is 22.6. The van der Waals surface area contributed by atoms with E-state index in [1.165, 1.54) is 44.9 Å². The number of hydrogen-bond acceptors (Lipinski definition) is 2. The molecule has 0 aromatic rings. The zero-order valence-electron chi connectivity index (χ0n) is 11.7. The van der Waals surface area contributed by atoms with Crippen LogP contribution in [0.15, 0.2) is 35.6 Å². The van der Waals surface area contributed by atoms with E-state index in [2.05, 4.69) is 6.08 Å². The Morgan fingerprint density at radius 2 is 1.53 bits per heavy atom. The van der Waals surface area contributed by atoms with E-state index in [-0.39, 0.29) is 5.97 Å². The summed E-state index contributed by atoms with van der Waals surface area (Å²) in [6.45, 7) is 0. The molecule has 2 aliphatic rings. The summed E-state index contributed by atoms with van der Waals surface area (Å²) in [5, 5.41) is 0. The van der Waals surface area contributed by atoms with Gasteiger partial charge in [0.25, 0.3) is 0 Å². The lowest BCUT2D eigenvalue weighted by Crippen LogP contribution is -2.20. The summed E-state index contributed by atoms with van der Waals surface area (Å²) in [6.07, 6.45) is 20.5. The molecule has 0 unspecified atom stereocenters. The van der Waals surface area contributed by atoms with E-state index in [0.29, 0.717) is 0 Å². The first-order valence-corrected chi connectivity index (χ1v) is 7.66. The summed E-state index contributed by atoms with van der Waals surface area (Å²) in [5.74, 6) is 0.725. The highest BCUT2D eigenvalue weighted by Crippen LogP contribution is 2.27. The van der Waals surface area contributed by atoms with Crippen molar-refractivity contribution in [3.8, 4) is 0 Å². The number of carbonyl (C=O) groups is 1. The summed E-state index contributed by atoms with van der Waals surface area (Å²) < 4.78 is 5.11. The van der Waals surface area contributed by atoms with E-state index in [9.17, 15) is 4.79 Å². The fraction of sp³-hybridized carbons (Fsp3) is 0.588. The average Bonchev–Trinajstić information content (AvgIpc) is 2.40. The van der Waals surface area contributed by atoms with Crippen LogP contribution in [-0.4, -0.2) is 5.97 Å². The van der Waals surface area contributed by atoms with Gasteiger partial charge in [-0.25, -0.2) is 4.79 Å². The van der Waals surface area contributed by atoms with Crippen LogP contribution in [0.3, 0.4) is 0 Å². The molecule has 104 valence electrons. The molecule has 0 spiro atoms. The van der Waals surface area contributed by atoms with Gasteiger partial charge in [-0.15, -0.1) is 0 Å². The van der Waals surface area contributed by atoms with Crippen LogP contribution in [0, 0.1) is 0 Å². The zero-order chi connectivity index (χ0) is 13.3. The largest absolute Gasteiger partial charge is 0.426 e. The summed E-state index contributed by atoms with van der Waals surface area (Å²) in [6, 6.07) is 0. The molecule has 0 aromatic heterocycles. The molecule has 0 aromatic carbocycles. The van der Waals surface area contributed by atoms with Crippen molar-refractivity contribution >= 4 is 5.97 Å². The number of ether oxygens (including phenoxy) is 1. The van der Waals surface area contributed by atoms with Crippen molar-refractivity contribution in [3.05, 3.63) is 35.6 Å². The summed E-state index contributed by atoms with van der Waals surface area (Å²) in [5.41, 5.74) is 0.775. The van der Waals surface area contributed by atoms with E-state index in [0.717, 1.165) is 30.6 Å². The summed E-state index contributed by atoms with van der Waals surface area (Å²) >= 11 is 0. The van der Waals surface area contributed by atoms with E-state index >= 15 is 0 Å². The predicted molar refractivity (Wildman–Crippen MR) is 77.6 cm³/mol. The van der Waals surface area contributed by atoms with Crippen LogP contribution in [0.5, 0.6) is 0 Å². The van der Waals surface area contributed by atoms with Crippen molar-refractivity contribution in [3.63, 3.8) is 0 Å². The second kappa shape index (κ2) is 7.98. The minimum Gasteiger partial charge on any atom is -0.426 e. The van der Waals surface area contributed by atoms with Crippen molar-refractivity contribution in [2.24, 2.45) is 0 Å². The van der Waals surface area contributed by atoms with Crippen LogP contribution in [0.4, 0.5) is 0 Å². The Hall–Kier alpha value is -1.31. The highest BCUT2D eigenvalue weighted by atomic mass is 16.6. The Bertz CT molecular complexity index is 388. The molecule has 0 amide bonds. The quantitative estimate of drug-likeness (QED) is 0.583. The maximum atomic E-state index is 11.3. The lowest BCUT2D eigenvalue weighted by Gasteiger charge is -2.20. The monoisotopic (exact) mass is 260 g/mol. The molecule has 2 rings (SSSR count). The Labute approximate surface area is 116 Å². The molecule has 1 aliphatic heterocycles. The van der Waals surface area contributed by atoms with Gasteiger partial charge in [0, 0.05) is 6.42 Å². The second-order valence-electron chi connectivity index (χ2n) is 5.38. The SMILES string of the molecule is O=C1OC2=C1C=CC=CCCCCCCCCCC2. The fourth-order valence-electron chi connectivity index (χ4n) is 2.57. The number of allylic oxidation sites excluding steroid dienone is 4. The molecule has 0 saturated heterocycles. The van der Waals surface area contributed by atoms with Crippen LogP contribution < -0.4 is 0 Å². The van der Waals surface area contributed by atoms with Crippen molar-refractivity contribution < 1.29 is 9.53 Å². The second-order valence-corrected chi connectivity index (χ2v) is 5.38. The van der Waals surface area contributed by atoms with Crippen LogP contribution in [0.25, 0.3) is 0 Å². The first-order valence-electron chi connectivity index (χ1n) is 7.66. The number of hydrogen-bond donors (Lipinski definition) is 0. The molecule has 1 heterocycles. The molecular formula is C17H24O2. The summed E-state index contributed by atoms with van der Waals surface area (Å²) in [7, 11) is 0. The molecule has 0 bridgehead atoms. The van der Waals surface area contributed by atoms with Crippen molar-refractivity contribution in [1.82, 2.24) is 0 Å². The number of carbonyl (C=O) groups excluding carboxylic acids is 1. The van der Waals surface area contributed by atoms with E-state index in [1.807, 2.05) is 18.2 Å². The van der Waals surface area contributed by atoms with Gasteiger partial charge < -0.3 is 4.74 Å². The topological polar surface area (TPSA) is 26.3 Å². The Kier molecular flexibility index (Phi) is 5.93. The van der Waals surface area contributed by atoms with Gasteiger partial charge in [0.2, 0.25) is 0 Å². The van der Waals surface area contributed by atoms with Gasteiger partial charge in [0.05, 0.1) is 5.57 Å². The molecule has 2 nitrogen and oxygen atoms in total. The molecule has 2 heteroatoms. The zero-order valence-corrected chi connectivity index (χ0v) is 11.7. The Balaban J connectivity index is 1.90.